The summed E-state index contributed by atoms with van der Waals surface area (Å²) in [5, 5.41) is 18.7. The summed E-state index contributed by atoms with van der Waals surface area (Å²) >= 11 is 1.15. The van der Waals surface area contributed by atoms with E-state index in [-0.39, 0.29) is 11.4 Å². The molecule has 0 radical (unpaired) electrons. The number of non-ortho nitro benzene ring substituents is 1. The Labute approximate surface area is 111 Å². The van der Waals surface area contributed by atoms with Crippen molar-refractivity contribution < 1.29 is 24.5 Å². The number of hydrogen-bond acceptors (Lipinski definition) is 6. The number of carboxylic acids is 1. The Balaban J connectivity index is 2.33. The zero-order chi connectivity index (χ0) is 14.3. The molecule has 0 fully saturated rings. The lowest BCUT2D eigenvalue weighted by atomic mass is 10.3. The molecule has 1 amide bonds. The number of nitrogens with one attached hydrogen (secondary N) is 1. The van der Waals surface area contributed by atoms with Crippen molar-refractivity contribution in [3.8, 4) is 0 Å². The van der Waals surface area contributed by atoms with Crippen LogP contribution in [0.4, 0.5) is 5.69 Å². The van der Waals surface area contributed by atoms with E-state index in [1.807, 2.05) is 5.48 Å². The first kappa shape index (κ1) is 14.9. The van der Waals surface area contributed by atoms with Gasteiger partial charge in [-0.2, -0.15) is 0 Å². The topological polar surface area (TPSA) is 119 Å². The zero-order valence-electron chi connectivity index (χ0n) is 9.57. The number of hydrogen-bond donors (Lipinski definition) is 2. The van der Waals surface area contributed by atoms with Crippen molar-refractivity contribution >= 4 is 29.3 Å². The van der Waals surface area contributed by atoms with Crippen LogP contribution in [0, 0.1) is 10.1 Å². The molecular weight excluding hydrogens is 276 g/mol. The SMILES string of the molecule is O=C(O)CONC(=O)CSc1ccc([N+](=O)[O-])cc1. The standard InChI is InChI=1S/C10H10N2O6S/c13-9(11-18-5-10(14)15)6-19-8-3-1-7(2-4-8)12(16)17/h1-4H,5-6H2,(H,11,13)(H,14,15). The zero-order valence-corrected chi connectivity index (χ0v) is 10.4. The Morgan fingerprint density at radius 2 is 2.00 bits per heavy atom. The van der Waals surface area contributed by atoms with Crippen molar-refractivity contribution in [1.29, 1.82) is 0 Å². The van der Waals surface area contributed by atoms with Crippen LogP contribution >= 0.6 is 11.8 Å². The van der Waals surface area contributed by atoms with Crippen molar-refractivity contribution in [3.05, 3.63) is 34.4 Å². The van der Waals surface area contributed by atoms with Gasteiger partial charge in [-0.05, 0) is 12.1 Å². The average molecular weight is 286 g/mol. The summed E-state index contributed by atoms with van der Waals surface area (Å²) in [4.78, 5) is 36.3. The normalized spacial score (nSPS) is 9.89. The quantitative estimate of drug-likeness (QED) is 0.432. The average Bonchev–Trinajstić information content (AvgIpc) is 2.36. The Bertz CT molecular complexity index is 475. The number of nitro benzene ring substituents is 1. The molecule has 0 aromatic heterocycles. The van der Waals surface area contributed by atoms with E-state index in [2.05, 4.69) is 4.84 Å². The van der Waals surface area contributed by atoms with Crippen LogP contribution in [0.2, 0.25) is 0 Å². The number of carboxylic acid groups (broad SMARTS) is 1. The van der Waals surface area contributed by atoms with Gasteiger partial charge in [0.05, 0.1) is 10.7 Å². The van der Waals surface area contributed by atoms with Crippen LogP contribution in [-0.4, -0.2) is 34.3 Å². The van der Waals surface area contributed by atoms with Crippen LogP contribution in [0.15, 0.2) is 29.2 Å². The molecule has 1 aromatic carbocycles. The van der Waals surface area contributed by atoms with Gasteiger partial charge < -0.3 is 5.11 Å². The maximum absolute atomic E-state index is 11.2. The highest BCUT2D eigenvalue weighted by molar-refractivity contribution is 8.00. The monoisotopic (exact) mass is 286 g/mol. The van der Waals surface area contributed by atoms with Crippen molar-refractivity contribution in [2.75, 3.05) is 12.4 Å². The van der Waals surface area contributed by atoms with Crippen LogP contribution in [-0.2, 0) is 14.4 Å². The molecule has 0 bridgehead atoms. The Morgan fingerprint density at radius 3 is 2.53 bits per heavy atom. The first-order valence-electron chi connectivity index (χ1n) is 4.98. The predicted molar refractivity (Wildman–Crippen MR) is 65.6 cm³/mol. The molecule has 1 rings (SSSR count). The minimum Gasteiger partial charge on any atom is -0.479 e. The van der Waals surface area contributed by atoms with Gasteiger partial charge in [-0.25, -0.2) is 10.3 Å². The van der Waals surface area contributed by atoms with Crippen molar-refractivity contribution in [3.63, 3.8) is 0 Å². The fourth-order valence-electron chi connectivity index (χ4n) is 1.02. The van der Waals surface area contributed by atoms with Crippen molar-refractivity contribution in [2.24, 2.45) is 0 Å². The van der Waals surface area contributed by atoms with Gasteiger partial charge >= 0.3 is 5.97 Å². The summed E-state index contributed by atoms with van der Waals surface area (Å²) in [6, 6.07) is 5.71. The minimum absolute atomic E-state index is 0.0113. The fourth-order valence-corrected chi connectivity index (χ4v) is 1.71. The van der Waals surface area contributed by atoms with Crippen molar-refractivity contribution in [2.45, 2.75) is 4.90 Å². The Kier molecular flexibility index (Phi) is 5.76. The number of nitro groups is 1. The maximum atomic E-state index is 11.2. The fraction of sp³-hybridized carbons (Fsp3) is 0.200. The van der Waals surface area contributed by atoms with Crippen LogP contribution in [0.3, 0.4) is 0 Å². The Morgan fingerprint density at radius 1 is 1.37 bits per heavy atom. The molecule has 0 saturated carbocycles. The van der Waals surface area contributed by atoms with E-state index in [0.29, 0.717) is 4.90 Å². The molecule has 8 nitrogen and oxygen atoms in total. The van der Waals surface area contributed by atoms with Gasteiger partial charge in [0, 0.05) is 17.0 Å². The summed E-state index contributed by atoms with van der Waals surface area (Å²) in [6.45, 7) is -0.617. The van der Waals surface area contributed by atoms with Gasteiger partial charge in [-0.1, -0.05) is 0 Å². The first-order chi connectivity index (χ1) is 8.99. The molecule has 102 valence electrons. The molecule has 0 saturated heterocycles. The number of hydroxylamine groups is 1. The first-order valence-corrected chi connectivity index (χ1v) is 5.97. The van der Waals surface area contributed by atoms with Crippen LogP contribution in [0.25, 0.3) is 0 Å². The van der Waals surface area contributed by atoms with Gasteiger partial charge in [0.15, 0.2) is 6.61 Å². The van der Waals surface area contributed by atoms with E-state index in [1.54, 1.807) is 0 Å². The van der Waals surface area contributed by atoms with Crippen LogP contribution < -0.4 is 5.48 Å². The molecule has 0 spiro atoms. The number of nitrogens with zero attached hydrogens (tertiary/aromatic N) is 1. The van der Waals surface area contributed by atoms with Gasteiger partial charge in [0.1, 0.15) is 0 Å². The number of benzene rings is 1. The van der Waals surface area contributed by atoms with E-state index in [0.717, 1.165) is 11.8 Å². The second-order valence-corrected chi connectivity index (χ2v) is 4.30. The van der Waals surface area contributed by atoms with E-state index in [1.165, 1.54) is 24.3 Å². The van der Waals surface area contributed by atoms with Gasteiger partial charge in [-0.3, -0.25) is 19.7 Å². The summed E-state index contributed by atoms with van der Waals surface area (Å²) in [7, 11) is 0. The molecule has 1 aromatic rings. The molecule has 0 aliphatic heterocycles. The minimum atomic E-state index is -1.19. The summed E-state index contributed by atoms with van der Waals surface area (Å²) in [5.41, 5.74) is 1.94. The number of aliphatic carboxylic acids is 1. The van der Waals surface area contributed by atoms with E-state index < -0.39 is 23.4 Å². The molecule has 9 heteroatoms. The maximum Gasteiger partial charge on any atom is 0.332 e. The third-order valence-corrected chi connectivity index (χ3v) is 2.81. The lowest BCUT2D eigenvalue weighted by Crippen LogP contribution is -2.27. The highest BCUT2D eigenvalue weighted by Crippen LogP contribution is 2.20. The van der Waals surface area contributed by atoms with Gasteiger partial charge in [-0.15, -0.1) is 11.8 Å². The second kappa shape index (κ2) is 7.34. The second-order valence-electron chi connectivity index (χ2n) is 3.25. The molecular formula is C10H10N2O6S. The third kappa shape index (κ3) is 5.84. The number of carbonyl (C=O) groups excluding carboxylic acids is 1. The lowest BCUT2D eigenvalue weighted by Gasteiger charge is -2.03. The molecule has 0 unspecified atom stereocenters. The molecule has 2 N–H and O–H groups in total. The van der Waals surface area contributed by atoms with E-state index in [4.69, 9.17) is 5.11 Å². The smallest absolute Gasteiger partial charge is 0.332 e. The summed E-state index contributed by atoms with van der Waals surface area (Å²) in [6.07, 6.45) is 0. The number of thioether (sulfide) groups is 1. The molecule has 19 heavy (non-hydrogen) atoms. The van der Waals surface area contributed by atoms with E-state index in [9.17, 15) is 19.7 Å². The molecule has 0 atom stereocenters. The number of rotatable bonds is 7. The van der Waals surface area contributed by atoms with Gasteiger partial charge in [0.25, 0.3) is 11.6 Å². The lowest BCUT2D eigenvalue weighted by molar-refractivity contribution is -0.384. The number of amides is 1. The third-order valence-electron chi connectivity index (χ3n) is 1.80. The molecule has 0 aliphatic rings. The predicted octanol–water partition coefficient (Wildman–Crippen LogP) is 0.819. The summed E-state index contributed by atoms with van der Waals surface area (Å²) < 4.78 is 0. The Hall–Kier alpha value is -2.13. The largest absolute Gasteiger partial charge is 0.479 e. The van der Waals surface area contributed by atoms with Crippen molar-refractivity contribution in [1.82, 2.24) is 5.48 Å². The highest BCUT2D eigenvalue weighted by Gasteiger charge is 2.07. The molecule has 0 heterocycles. The highest BCUT2D eigenvalue weighted by atomic mass is 32.2. The van der Waals surface area contributed by atoms with Crippen LogP contribution in [0.1, 0.15) is 0 Å². The number of carbonyl (C=O) groups is 2. The van der Waals surface area contributed by atoms with Crippen LogP contribution in [0.5, 0.6) is 0 Å². The van der Waals surface area contributed by atoms with E-state index >= 15 is 0 Å². The van der Waals surface area contributed by atoms with Gasteiger partial charge in [0.2, 0.25) is 0 Å². The molecule has 0 aliphatic carbocycles. The summed E-state index contributed by atoms with van der Waals surface area (Å²) in [5.74, 6) is -1.68.